The van der Waals surface area contributed by atoms with E-state index in [0.717, 1.165) is 13.0 Å². The molecule has 0 amide bonds. The van der Waals surface area contributed by atoms with Crippen molar-refractivity contribution in [3.8, 4) is 0 Å². The van der Waals surface area contributed by atoms with Crippen LogP contribution in [-0.4, -0.2) is 42.6 Å². The Morgan fingerprint density at radius 3 is 3.00 bits per heavy atom. The predicted octanol–water partition coefficient (Wildman–Crippen LogP) is 1.86. The zero-order valence-corrected chi connectivity index (χ0v) is 12.6. The lowest BCUT2D eigenvalue weighted by molar-refractivity contribution is -0.150. The normalized spacial score (nSPS) is 27.6. The fourth-order valence-corrected chi connectivity index (χ4v) is 3.24. The summed E-state index contributed by atoms with van der Waals surface area (Å²) in [6, 6.07) is 4.50. The molecule has 2 rings (SSSR count). The molecule has 106 valence electrons. The van der Waals surface area contributed by atoms with E-state index < -0.39 is 5.54 Å². The number of nitrogens with zero attached hydrogens (tertiary/aromatic N) is 1. The van der Waals surface area contributed by atoms with Gasteiger partial charge in [0.1, 0.15) is 5.54 Å². The maximum atomic E-state index is 12.3. The SMILES string of the molecule is CCOC(=O)C1(NCc2cccs2)CC(C)N(C)C1. The molecule has 1 N–H and O–H groups in total. The Morgan fingerprint density at radius 2 is 2.47 bits per heavy atom. The molecule has 0 aliphatic carbocycles. The van der Waals surface area contributed by atoms with Gasteiger partial charge in [-0.3, -0.25) is 5.32 Å². The molecular weight excluding hydrogens is 260 g/mol. The number of likely N-dealkylation sites (tertiary alicyclic amines) is 1. The maximum Gasteiger partial charge on any atom is 0.327 e. The second-order valence-corrected chi connectivity index (χ2v) is 6.24. The van der Waals surface area contributed by atoms with Crippen LogP contribution in [0.4, 0.5) is 0 Å². The summed E-state index contributed by atoms with van der Waals surface area (Å²) in [4.78, 5) is 15.8. The average molecular weight is 282 g/mol. The predicted molar refractivity (Wildman–Crippen MR) is 77.2 cm³/mol. The molecule has 0 radical (unpaired) electrons. The first kappa shape index (κ1) is 14.5. The van der Waals surface area contributed by atoms with Crippen LogP contribution in [0.3, 0.4) is 0 Å². The zero-order valence-electron chi connectivity index (χ0n) is 11.8. The van der Waals surface area contributed by atoms with Crippen LogP contribution >= 0.6 is 11.3 Å². The van der Waals surface area contributed by atoms with Crippen LogP contribution in [0.15, 0.2) is 17.5 Å². The van der Waals surface area contributed by atoms with E-state index in [1.54, 1.807) is 11.3 Å². The van der Waals surface area contributed by atoms with Gasteiger partial charge < -0.3 is 9.64 Å². The Hall–Kier alpha value is -0.910. The van der Waals surface area contributed by atoms with Gasteiger partial charge in [-0.2, -0.15) is 0 Å². The third-order valence-corrected chi connectivity index (χ3v) is 4.64. The van der Waals surface area contributed by atoms with Gasteiger partial charge in [0.2, 0.25) is 0 Å². The summed E-state index contributed by atoms with van der Waals surface area (Å²) >= 11 is 1.70. The third kappa shape index (κ3) is 3.16. The summed E-state index contributed by atoms with van der Waals surface area (Å²) in [5.74, 6) is -0.122. The van der Waals surface area contributed by atoms with Gasteiger partial charge in [0.25, 0.3) is 0 Å². The Labute approximate surface area is 118 Å². The van der Waals surface area contributed by atoms with Crippen LogP contribution in [0.1, 0.15) is 25.1 Å². The van der Waals surface area contributed by atoms with E-state index >= 15 is 0 Å². The van der Waals surface area contributed by atoms with E-state index in [9.17, 15) is 4.79 Å². The van der Waals surface area contributed by atoms with Gasteiger partial charge in [0.15, 0.2) is 0 Å². The van der Waals surface area contributed by atoms with Gasteiger partial charge in [-0.05, 0) is 38.8 Å². The smallest absolute Gasteiger partial charge is 0.327 e. The van der Waals surface area contributed by atoms with Crippen LogP contribution in [0.2, 0.25) is 0 Å². The van der Waals surface area contributed by atoms with E-state index in [1.165, 1.54) is 4.88 Å². The molecule has 1 aliphatic heterocycles. The standard InChI is InChI=1S/C14H22N2O2S/c1-4-18-13(17)14(8-11(2)16(3)10-14)15-9-12-6-5-7-19-12/h5-7,11,15H,4,8-10H2,1-3H3. The van der Waals surface area contributed by atoms with Crippen molar-refractivity contribution in [1.29, 1.82) is 0 Å². The Bertz CT molecular complexity index is 409. The molecule has 1 aliphatic rings. The van der Waals surface area contributed by atoms with Gasteiger partial charge >= 0.3 is 5.97 Å². The Morgan fingerprint density at radius 1 is 1.68 bits per heavy atom. The summed E-state index contributed by atoms with van der Waals surface area (Å²) in [7, 11) is 2.05. The van der Waals surface area contributed by atoms with Gasteiger partial charge in [0.05, 0.1) is 6.61 Å². The minimum atomic E-state index is -0.561. The van der Waals surface area contributed by atoms with Crippen molar-refractivity contribution in [1.82, 2.24) is 10.2 Å². The average Bonchev–Trinajstić information content (AvgIpc) is 2.97. The van der Waals surface area contributed by atoms with Crippen LogP contribution in [0.25, 0.3) is 0 Å². The molecule has 2 heterocycles. The van der Waals surface area contributed by atoms with Crippen molar-refractivity contribution in [3.63, 3.8) is 0 Å². The first-order chi connectivity index (χ1) is 9.07. The highest BCUT2D eigenvalue weighted by Crippen LogP contribution is 2.28. The van der Waals surface area contributed by atoms with E-state index in [1.807, 2.05) is 13.0 Å². The highest BCUT2D eigenvalue weighted by atomic mass is 32.1. The summed E-state index contributed by atoms with van der Waals surface area (Å²) < 4.78 is 5.27. The highest BCUT2D eigenvalue weighted by molar-refractivity contribution is 7.09. The van der Waals surface area contributed by atoms with Gasteiger partial charge in [-0.1, -0.05) is 6.07 Å². The Balaban J connectivity index is 2.08. The van der Waals surface area contributed by atoms with Gasteiger partial charge in [0, 0.05) is 24.0 Å². The monoisotopic (exact) mass is 282 g/mol. The number of ether oxygens (including phenoxy) is 1. The second kappa shape index (κ2) is 6.03. The molecule has 2 unspecified atom stereocenters. The lowest BCUT2D eigenvalue weighted by Gasteiger charge is -2.27. The van der Waals surface area contributed by atoms with E-state index in [2.05, 4.69) is 35.6 Å². The van der Waals surface area contributed by atoms with E-state index in [0.29, 0.717) is 19.2 Å². The highest BCUT2D eigenvalue weighted by Gasteiger charge is 2.47. The summed E-state index contributed by atoms with van der Waals surface area (Å²) in [6.45, 7) is 5.86. The lowest BCUT2D eigenvalue weighted by Crippen LogP contribution is -2.54. The van der Waals surface area contributed by atoms with Crippen molar-refractivity contribution in [2.24, 2.45) is 0 Å². The molecule has 19 heavy (non-hydrogen) atoms. The van der Waals surface area contributed by atoms with Crippen molar-refractivity contribution in [2.45, 2.75) is 38.4 Å². The second-order valence-electron chi connectivity index (χ2n) is 5.20. The van der Waals surface area contributed by atoms with Gasteiger partial charge in [-0.15, -0.1) is 11.3 Å². The molecule has 0 saturated carbocycles. The molecule has 0 spiro atoms. The number of rotatable bonds is 5. The molecule has 0 aromatic carbocycles. The number of likely N-dealkylation sites (N-methyl/N-ethyl adjacent to an activating group) is 1. The number of nitrogens with one attached hydrogen (secondary N) is 1. The van der Waals surface area contributed by atoms with Crippen LogP contribution < -0.4 is 5.32 Å². The summed E-state index contributed by atoms with van der Waals surface area (Å²) in [5.41, 5.74) is -0.561. The minimum absolute atomic E-state index is 0.122. The minimum Gasteiger partial charge on any atom is -0.465 e. The first-order valence-corrected chi connectivity index (χ1v) is 7.60. The largest absolute Gasteiger partial charge is 0.465 e. The van der Waals surface area contributed by atoms with Crippen molar-refractivity contribution in [3.05, 3.63) is 22.4 Å². The molecule has 1 aromatic rings. The summed E-state index contributed by atoms with van der Waals surface area (Å²) in [5, 5.41) is 5.49. The van der Waals surface area contributed by atoms with E-state index in [4.69, 9.17) is 4.74 Å². The van der Waals surface area contributed by atoms with Crippen LogP contribution in [-0.2, 0) is 16.1 Å². The molecule has 2 atom stereocenters. The quantitative estimate of drug-likeness (QED) is 0.837. The molecule has 4 nitrogen and oxygen atoms in total. The van der Waals surface area contributed by atoms with E-state index in [-0.39, 0.29) is 5.97 Å². The topological polar surface area (TPSA) is 41.6 Å². The number of carbonyl (C=O) groups is 1. The van der Waals surface area contributed by atoms with Crippen molar-refractivity contribution < 1.29 is 9.53 Å². The van der Waals surface area contributed by atoms with Crippen molar-refractivity contribution in [2.75, 3.05) is 20.2 Å². The molecule has 1 fully saturated rings. The maximum absolute atomic E-state index is 12.3. The van der Waals surface area contributed by atoms with Crippen molar-refractivity contribution >= 4 is 17.3 Å². The zero-order chi connectivity index (χ0) is 13.9. The van der Waals surface area contributed by atoms with Gasteiger partial charge in [-0.25, -0.2) is 4.79 Å². The molecule has 1 saturated heterocycles. The number of carbonyl (C=O) groups excluding carboxylic acids is 1. The first-order valence-electron chi connectivity index (χ1n) is 6.72. The fourth-order valence-electron chi connectivity index (χ4n) is 2.59. The fraction of sp³-hybridized carbons (Fsp3) is 0.643. The summed E-state index contributed by atoms with van der Waals surface area (Å²) in [6.07, 6.45) is 0.799. The molecule has 1 aromatic heterocycles. The molecule has 0 bridgehead atoms. The third-order valence-electron chi connectivity index (χ3n) is 3.76. The number of hydrogen-bond acceptors (Lipinski definition) is 5. The number of esters is 1. The Kier molecular flexibility index (Phi) is 4.60. The van der Waals surface area contributed by atoms with Crippen LogP contribution in [0, 0.1) is 0 Å². The molecular formula is C14H22N2O2S. The molecule has 5 heteroatoms. The lowest BCUT2D eigenvalue weighted by atomic mass is 9.96. The number of thiophene rings is 1. The van der Waals surface area contributed by atoms with Crippen LogP contribution in [0.5, 0.6) is 0 Å². The number of hydrogen-bond donors (Lipinski definition) is 1.